The van der Waals surface area contributed by atoms with Crippen molar-refractivity contribution in [2.45, 2.75) is 96.7 Å². The third-order valence-corrected chi connectivity index (χ3v) is 10.3. The average Bonchev–Trinajstić information content (AvgIpc) is 3.34. The van der Waals surface area contributed by atoms with Gasteiger partial charge in [0.1, 0.15) is 0 Å². The summed E-state index contributed by atoms with van der Waals surface area (Å²) in [5.41, 5.74) is 2.58. The van der Waals surface area contributed by atoms with Crippen molar-refractivity contribution >= 4 is 0 Å². The Morgan fingerprint density at radius 2 is 2.00 bits per heavy atom. The number of rotatable bonds is 4. The first kappa shape index (κ1) is 20.8. The van der Waals surface area contributed by atoms with Gasteiger partial charge in [0, 0.05) is 11.9 Å². The molecular formula is C26H40N2O2. The monoisotopic (exact) mass is 412 g/mol. The van der Waals surface area contributed by atoms with E-state index in [1.54, 1.807) is 11.9 Å². The van der Waals surface area contributed by atoms with Crippen LogP contribution < -0.4 is 0 Å². The van der Waals surface area contributed by atoms with Crippen molar-refractivity contribution in [3.8, 4) is 0 Å². The zero-order chi connectivity index (χ0) is 21.1. The van der Waals surface area contributed by atoms with Gasteiger partial charge in [-0.25, -0.2) is 4.98 Å². The number of aryl methyl sites for hydroxylation is 1. The molecule has 0 unspecified atom stereocenters. The molecule has 3 saturated carbocycles. The quantitative estimate of drug-likeness (QED) is 0.607. The molecule has 166 valence electrons. The van der Waals surface area contributed by atoms with E-state index >= 15 is 0 Å². The standard InChI is InChI=1S/C26H40N2O2/c1-24-11-9-19(29)14-17(24)4-5-20-21-6-7-23(25(21,2)12-10-22(20)24)26(3,30)13-8-18-15-27-16-28-18/h4,15-16,19-23,29-30H,5-14H2,1-3H3,(H,27,28)/t19-,20-,21-,22-,23-,24-,25-,26+/m0/s1. The maximum absolute atomic E-state index is 11.6. The molecule has 0 aromatic carbocycles. The van der Waals surface area contributed by atoms with Gasteiger partial charge in [0.15, 0.2) is 0 Å². The summed E-state index contributed by atoms with van der Waals surface area (Å²) in [6.45, 7) is 7.09. The fourth-order valence-corrected chi connectivity index (χ4v) is 8.65. The highest BCUT2D eigenvalue weighted by Gasteiger charge is 2.61. The van der Waals surface area contributed by atoms with E-state index < -0.39 is 5.60 Å². The van der Waals surface area contributed by atoms with Gasteiger partial charge in [-0.15, -0.1) is 0 Å². The summed E-state index contributed by atoms with van der Waals surface area (Å²) in [5, 5.41) is 21.8. The number of H-pyrrole nitrogens is 1. The van der Waals surface area contributed by atoms with Crippen molar-refractivity contribution in [3.05, 3.63) is 29.9 Å². The molecule has 0 amide bonds. The Hall–Kier alpha value is -1.13. The number of aliphatic hydroxyl groups excluding tert-OH is 1. The Labute approximate surface area is 181 Å². The van der Waals surface area contributed by atoms with Gasteiger partial charge in [0.25, 0.3) is 0 Å². The molecule has 0 radical (unpaired) electrons. The number of hydrogen-bond acceptors (Lipinski definition) is 3. The molecule has 3 N–H and O–H groups in total. The van der Waals surface area contributed by atoms with Crippen LogP contribution in [-0.2, 0) is 6.42 Å². The van der Waals surface area contributed by atoms with Crippen LogP contribution in [0.2, 0.25) is 0 Å². The number of imidazole rings is 1. The van der Waals surface area contributed by atoms with Gasteiger partial charge in [-0.2, -0.15) is 0 Å². The molecule has 3 fully saturated rings. The third kappa shape index (κ3) is 3.12. The number of aromatic amines is 1. The Morgan fingerprint density at radius 3 is 2.77 bits per heavy atom. The predicted molar refractivity (Wildman–Crippen MR) is 119 cm³/mol. The van der Waals surface area contributed by atoms with Crippen LogP contribution >= 0.6 is 0 Å². The molecule has 30 heavy (non-hydrogen) atoms. The van der Waals surface area contributed by atoms with Gasteiger partial charge in [0.2, 0.25) is 0 Å². The van der Waals surface area contributed by atoms with E-state index in [0.717, 1.165) is 62.0 Å². The second-order valence-corrected chi connectivity index (χ2v) is 11.8. The molecule has 4 aliphatic rings. The highest BCUT2D eigenvalue weighted by atomic mass is 16.3. The minimum atomic E-state index is -0.629. The lowest BCUT2D eigenvalue weighted by Crippen LogP contribution is -2.53. The van der Waals surface area contributed by atoms with Crippen LogP contribution in [0.4, 0.5) is 0 Å². The van der Waals surface area contributed by atoms with Gasteiger partial charge in [-0.3, -0.25) is 0 Å². The minimum Gasteiger partial charge on any atom is -0.393 e. The summed E-state index contributed by atoms with van der Waals surface area (Å²) < 4.78 is 0. The molecular weight excluding hydrogens is 372 g/mol. The molecule has 4 aliphatic carbocycles. The smallest absolute Gasteiger partial charge is 0.0921 e. The molecule has 4 heteroatoms. The lowest BCUT2D eigenvalue weighted by Gasteiger charge is -2.59. The molecule has 0 bridgehead atoms. The molecule has 5 rings (SSSR count). The first-order valence-corrected chi connectivity index (χ1v) is 12.3. The van der Waals surface area contributed by atoms with E-state index in [1.165, 1.54) is 25.7 Å². The first-order chi connectivity index (χ1) is 14.2. The number of nitrogens with one attached hydrogen (secondary N) is 1. The second kappa shape index (κ2) is 7.20. The maximum atomic E-state index is 11.6. The lowest BCUT2D eigenvalue weighted by atomic mass is 9.46. The summed E-state index contributed by atoms with van der Waals surface area (Å²) in [4.78, 5) is 7.32. The van der Waals surface area contributed by atoms with Crippen molar-refractivity contribution in [1.82, 2.24) is 9.97 Å². The van der Waals surface area contributed by atoms with Crippen molar-refractivity contribution in [2.75, 3.05) is 0 Å². The van der Waals surface area contributed by atoms with Crippen LogP contribution in [0.1, 0.15) is 84.3 Å². The second-order valence-electron chi connectivity index (χ2n) is 11.8. The lowest BCUT2D eigenvalue weighted by molar-refractivity contribution is -0.104. The van der Waals surface area contributed by atoms with Gasteiger partial charge < -0.3 is 15.2 Å². The molecule has 8 atom stereocenters. The Balaban J connectivity index is 1.36. The van der Waals surface area contributed by atoms with E-state index in [1.807, 2.05) is 6.20 Å². The molecule has 0 aliphatic heterocycles. The van der Waals surface area contributed by atoms with Crippen molar-refractivity contribution in [3.63, 3.8) is 0 Å². The number of aliphatic hydroxyl groups is 2. The Morgan fingerprint density at radius 1 is 1.17 bits per heavy atom. The number of fused-ring (bicyclic) bond motifs is 5. The average molecular weight is 413 g/mol. The first-order valence-electron chi connectivity index (χ1n) is 12.3. The van der Waals surface area contributed by atoms with Crippen molar-refractivity contribution in [2.24, 2.45) is 34.5 Å². The van der Waals surface area contributed by atoms with Crippen LogP contribution in [0.3, 0.4) is 0 Å². The van der Waals surface area contributed by atoms with Crippen molar-refractivity contribution < 1.29 is 10.2 Å². The van der Waals surface area contributed by atoms with E-state index in [2.05, 4.69) is 36.8 Å². The zero-order valence-electron chi connectivity index (χ0n) is 19.0. The Kier molecular flexibility index (Phi) is 4.98. The number of aromatic nitrogens is 2. The summed E-state index contributed by atoms with van der Waals surface area (Å²) >= 11 is 0. The molecule has 1 aromatic heterocycles. The SMILES string of the molecule is C[C@]12CC[C@H]3[C@@H](CC=C4C[C@@H](O)CC[C@@]43C)[C@@H]1CC[C@@H]2[C@](C)(O)CCc1cnc[nH]1. The maximum Gasteiger partial charge on any atom is 0.0921 e. The molecule has 4 nitrogen and oxygen atoms in total. The summed E-state index contributed by atoms with van der Waals surface area (Å²) in [6, 6.07) is 0. The Bertz CT molecular complexity index is 800. The topological polar surface area (TPSA) is 69.1 Å². The zero-order valence-corrected chi connectivity index (χ0v) is 19.0. The van der Waals surface area contributed by atoms with Crippen LogP contribution in [0, 0.1) is 34.5 Å². The summed E-state index contributed by atoms with van der Waals surface area (Å²) in [5.74, 6) is 2.62. The predicted octanol–water partition coefficient (Wildman–Crippen LogP) is 5.03. The van der Waals surface area contributed by atoms with Crippen LogP contribution in [0.5, 0.6) is 0 Å². The van der Waals surface area contributed by atoms with E-state index in [0.29, 0.717) is 11.3 Å². The van der Waals surface area contributed by atoms with E-state index in [4.69, 9.17) is 0 Å². The fourth-order valence-electron chi connectivity index (χ4n) is 8.65. The minimum absolute atomic E-state index is 0.129. The molecule has 1 heterocycles. The summed E-state index contributed by atoms with van der Waals surface area (Å²) in [7, 11) is 0. The highest BCUT2D eigenvalue weighted by molar-refractivity contribution is 5.25. The summed E-state index contributed by atoms with van der Waals surface area (Å²) in [6.07, 6.45) is 16.8. The largest absolute Gasteiger partial charge is 0.393 e. The van der Waals surface area contributed by atoms with Gasteiger partial charge in [0.05, 0.1) is 18.0 Å². The van der Waals surface area contributed by atoms with Crippen LogP contribution in [0.25, 0.3) is 0 Å². The fraction of sp³-hybridized carbons (Fsp3) is 0.808. The van der Waals surface area contributed by atoms with Crippen LogP contribution in [0.15, 0.2) is 24.2 Å². The van der Waals surface area contributed by atoms with Crippen LogP contribution in [-0.4, -0.2) is 31.9 Å². The number of hydrogen-bond donors (Lipinski definition) is 3. The molecule has 0 saturated heterocycles. The molecule has 1 aromatic rings. The normalized spacial score (nSPS) is 45.1. The van der Waals surface area contributed by atoms with Gasteiger partial charge in [-0.1, -0.05) is 25.5 Å². The third-order valence-electron chi connectivity index (χ3n) is 10.3. The number of allylic oxidation sites excluding steroid dienone is 1. The molecule has 0 spiro atoms. The van der Waals surface area contributed by atoms with E-state index in [9.17, 15) is 10.2 Å². The number of nitrogens with zero attached hydrogens (tertiary/aromatic N) is 1. The highest BCUT2D eigenvalue weighted by Crippen LogP contribution is 2.67. The van der Waals surface area contributed by atoms with Gasteiger partial charge in [-0.05, 0) is 106 Å². The van der Waals surface area contributed by atoms with Gasteiger partial charge >= 0.3 is 0 Å². The van der Waals surface area contributed by atoms with Crippen molar-refractivity contribution in [1.29, 1.82) is 0 Å². The van der Waals surface area contributed by atoms with E-state index in [-0.39, 0.29) is 11.5 Å².